The third-order valence-corrected chi connectivity index (χ3v) is 4.85. The van der Waals surface area contributed by atoms with Gasteiger partial charge >= 0.3 is 0 Å². The SMILES string of the molecule is C#CCN(CC(=O)Nc1ccc(OC)c(OC)c1)C1CCc2ccccc21. The van der Waals surface area contributed by atoms with E-state index in [9.17, 15) is 4.79 Å². The molecule has 1 N–H and O–H groups in total. The number of terminal acetylenes is 1. The zero-order chi connectivity index (χ0) is 19.2. The van der Waals surface area contributed by atoms with Crippen LogP contribution in [0, 0.1) is 12.3 Å². The van der Waals surface area contributed by atoms with Gasteiger partial charge in [0.15, 0.2) is 11.5 Å². The lowest BCUT2D eigenvalue weighted by atomic mass is 10.1. The number of benzene rings is 2. The first-order valence-corrected chi connectivity index (χ1v) is 8.93. The van der Waals surface area contributed by atoms with E-state index >= 15 is 0 Å². The minimum Gasteiger partial charge on any atom is -0.493 e. The minimum atomic E-state index is -0.109. The summed E-state index contributed by atoms with van der Waals surface area (Å²) in [7, 11) is 3.14. The Kier molecular flexibility index (Phi) is 6.00. The van der Waals surface area contributed by atoms with Gasteiger partial charge in [-0.15, -0.1) is 6.42 Å². The average Bonchev–Trinajstić information content (AvgIpc) is 3.11. The number of ether oxygens (including phenoxy) is 2. The molecule has 2 aromatic carbocycles. The minimum absolute atomic E-state index is 0.109. The van der Waals surface area contributed by atoms with Crippen molar-refractivity contribution in [2.45, 2.75) is 18.9 Å². The molecule has 1 amide bonds. The van der Waals surface area contributed by atoms with E-state index in [1.54, 1.807) is 32.4 Å². The Labute approximate surface area is 160 Å². The van der Waals surface area contributed by atoms with Gasteiger partial charge in [-0.1, -0.05) is 30.2 Å². The number of hydrogen-bond acceptors (Lipinski definition) is 4. The quantitative estimate of drug-likeness (QED) is 0.766. The maximum Gasteiger partial charge on any atom is 0.238 e. The van der Waals surface area contributed by atoms with Gasteiger partial charge < -0.3 is 14.8 Å². The Hall–Kier alpha value is -2.97. The highest BCUT2D eigenvalue weighted by atomic mass is 16.5. The number of hydrogen-bond donors (Lipinski definition) is 1. The van der Waals surface area contributed by atoms with Crippen LogP contribution in [0.15, 0.2) is 42.5 Å². The molecule has 0 spiro atoms. The second kappa shape index (κ2) is 8.61. The maximum atomic E-state index is 12.6. The van der Waals surface area contributed by atoms with Crippen LogP contribution in [-0.2, 0) is 11.2 Å². The van der Waals surface area contributed by atoms with Crippen molar-refractivity contribution in [2.75, 3.05) is 32.6 Å². The van der Waals surface area contributed by atoms with Gasteiger partial charge in [-0.05, 0) is 36.1 Å². The van der Waals surface area contributed by atoms with E-state index in [0.717, 1.165) is 12.8 Å². The summed E-state index contributed by atoms with van der Waals surface area (Å²) in [6.07, 6.45) is 7.55. The average molecular weight is 364 g/mol. The fourth-order valence-electron chi connectivity index (χ4n) is 3.61. The van der Waals surface area contributed by atoms with Crippen LogP contribution < -0.4 is 14.8 Å². The van der Waals surface area contributed by atoms with Gasteiger partial charge in [0.1, 0.15) is 0 Å². The van der Waals surface area contributed by atoms with Crippen LogP contribution in [0.5, 0.6) is 11.5 Å². The molecular formula is C22H24N2O3. The summed E-state index contributed by atoms with van der Waals surface area (Å²) in [6.45, 7) is 0.663. The van der Waals surface area contributed by atoms with Gasteiger partial charge in [-0.3, -0.25) is 9.69 Å². The Morgan fingerprint density at radius 2 is 2.00 bits per heavy atom. The van der Waals surface area contributed by atoms with Gasteiger partial charge in [0.25, 0.3) is 0 Å². The van der Waals surface area contributed by atoms with Crippen molar-refractivity contribution in [3.8, 4) is 23.8 Å². The molecule has 2 aromatic rings. The third kappa shape index (κ3) is 4.24. The molecule has 0 aromatic heterocycles. The summed E-state index contributed by atoms with van der Waals surface area (Å²) in [5.41, 5.74) is 3.27. The molecule has 0 saturated heterocycles. The number of fused-ring (bicyclic) bond motifs is 1. The Bertz CT molecular complexity index is 857. The Balaban J connectivity index is 1.71. The van der Waals surface area contributed by atoms with Crippen molar-refractivity contribution >= 4 is 11.6 Å². The molecule has 0 aliphatic heterocycles. The summed E-state index contributed by atoms with van der Waals surface area (Å²) >= 11 is 0. The van der Waals surface area contributed by atoms with E-state index < -0.39 is 0 Å². The molecule has 1 aliphatic rings. The number of nitrogens with one attached hydrogen (secondary N) is 1. The van der Waals surface area contributed by atoms with Crippen molar-refractivity contribution in [3.05, 3.63) is 53.6 Å². The molecule has 1 unspecified atom stereocenters. The van der Waals surface area contributed by atoms with E-state index in [1.165, 1.54) is 11.1 Å². The Morgan fingerprint density at radius 3 is 2.74 bits per heavy atom. The van der Waals surface area contributed by atoms with Crippen LogP contribution in [0.2, 0.25) is 0 Å². The normalized spacial score (nSPS) is 15.1. The van der Waals surface area contributed by atoms with E-state index in [4.69, 9.17) is 15.9 Å². The molecule has 0 heterocycles. The summed E-state index contributed by atoms with van der Waals surface area (Å²) in [5, 5.41) is 2.92. The first-order chi connectivity index (χ1) is 13.2. The van der Waals surface area contributed by atoms with Crippen molar-refractivity contribution < 1.29 is 14.3 Å². The van der Waals surface area contributed by atoms with Crippen LogP contribution in [0.4, 0.5) is 5.69 Å². The van der Waals surface area contributed by atoms with Gasteiger partial charge in [0, 0.05) is 17.8 Å². The smallest absolute Gasteiger partial charge is 0.238 e. The summed E-state index contributed by atoms with van der Waals surface area (Å²) < 4.78 is 10.5. The van der Waals surface area contributed by atoms with Crippen molar-refractivity contribution in [1.82, 2.24) is 4.90 Å². The summed E-state index contributed by atoms with van der Waals surface area (Å²) in [5.74, 6) is 3.77. The van der Waals surface area contributed by atoms with Gasteiger partial charge in [0.05, 0.1) is 27.3 Å². The number of rotatable bonds is 7. The maximum absolute atomic E-state index is 12.6. The highest BCUT2D eigenvalue weighted by Gasteiger charge is 2.28. The zero-order valence-corrected chi connectivity index (χ0v) is 15.7. The number of carbonyl (C=O) groups is 1. The fourth-order valence-corrected chi connectivity index (χ4v) is 3.61. The standard InChI is InChI=1S/C22H24N2O3/c1-4-13-24(19-11-9-16-7-5-6-8-18(16)19)15-22(25)23-17-10-12-20(26-2)21(14-17)27-3/h1,5-8,10,12,14,19H,9,11,13,15H2,2-3H3,(H,23,25). The van der Waals surface area contributed by atoms with Crippen LogP contribution in [0.25, 0.3) is 0 Å². The number of methoxy groups -OCH3 is 2. The number of aryl methyl sites for hydroxylation is 1. The van der Waals surface area contributed by atoms with Crippen LogP contribution in [-0.4, -0.2) is 38.1 Å². The van der Waals surface area contributed by atoms with Crippen LogP contribution in [0.3, 0.4) is 0 Å². The number of amides is 1. The second-order valence-electron chi connectivity index (χ2n) is 6.48. The van der Waals surface area contributed by atoms with Crippen molar-refractivity contribution in [2.24, 2.45) is 0 Å². The molecule has 5 nitrogen and oxygen atoms in total. The summed E-state index contributed by atoms with van der Waals surface area (Å²) in [4.78, 5) is 14.7. The molecule has 1 aliphatic carbocycles. The fraction of sp³-hybridized carbons (Fsp3) is 0.318. The van der Waals surface area contributed by atoms with Gasteiger partial charge in [-0.25, -0.2) is 0 Å². The van der Waals surface area contributed by atoms with Crippen LogP contribution in [0.1, 0.15) is 23.6 Å². The monoisotopic (exact) mass is 364 g/mol. The summed E-state index contributed by atoms with van der Waals surface area (Å²) in [6, 6.07) is 13.8. The molecule has 0 radical (unpaired) electrons. The van der Waals surface area contributed by atoms with Crippen molar-refractivity contribution in [3.63, 3.8) is 0 Å². The lowest BCUT2D eigenvalue weighted by molar-refractivity contribution is -0.117. The first kappa shape index (κ1) is 18.8. The molecular weight excluding hydrogens is 340 g/mol. The molecule has 3 rings (SSSR count). The number of anilines is 1. The van der Waals surface area contributed by atoms with E-state index in [1.807, 2.05) is 6.07 Å². The molecule has 0 fully saturated rings. The van der Waals surface area contributed by atoms with E-state index in [2.05, 4.69) is 34.3 Å². The Morgan fingerprint density at radius 1 is 1.22 bits per heavy atom. The predicted octanol–water partition coefficient (Wildman–Crippen LogP) is 3.27. The number of carbonyl (C=O) groups excluding carboxylic acids is 1. The van der Waals surface area contributed by atoms with Crippen LogP contribution >= 0.6 is 0 Å². The molecule has 27 heavy (non-hydrogen) atoms. The lowest BCUT2D eigenvalue weighted by Crippen LogP contribution is -2.36. The van der Waals surface area contributed by atoms with Gasteiger partial charge in [-0.2, -0.15) is 0 Å². The van der Waals surface area contributed by atoms with E-state index in [-0.39, 0.29) is 18.5 Å². The highest BCUT2D eigenvalue weighted by Crippen LogP contribution is 2.35. The molecule has 1 atom stereocenters. The molecule has 0 bridgehead atoms. The molecule has 140 valence electrons. The van der Waals surface area contributed by atoms with E-state index in [0.29, 0.717) is 23.7 Å². The topological polar surface area (TPSA) is 50.8 Å². The number of nitrogens with zero attached hydrogens (tertiary/aromatic N) is 1. The highest BCUT2D eigenvalue weighted by molar-refractivity contribution is 5.92. The molecule has 0 saturated carbocycles. The van der Waals surface area contributed by atoms with Crippen molar-refractivity contribution in [1.29, 1.82) is 0 Å². The first-order valence-electron chi connectivity index (χ1n) is 8.93. The third-order valence-electron chi connectivity index (χ3n) is 4.85. The predicted molar refractivity (Wildman–Crippen MR) is 106 cm³/mol. The molecule has 5 heteroatoms. The second-order valence-corrected chi connectivity index (χ2v) is 6.48. The largest absolute Gasteiger partial charge is 0.493 e. The lowest BCUT2D eigenvalue weighted by Gasteiger charge is -2.27. The van der Waals surface area contributed by atoms with Gasteiger partial charge in [0.2, 0.25) is 5.91 Å². The zero-order valence-electron chi connectivity index (χ0n) is 15.7.